The fourth-order valence-electron chi connectivity index (χ4n) is 3.95. The lowest BCUT2D eigenvalue weighted by Gasteiger charge is -2.42. The average Bonchev–Trinajstić information content (AvgIpc) is 3.25. The zero-order valence-electron chi connectivity index (χ0n) is 16.2. The van der Waals surface area contributed by atoms with Gasteiger partial charge in [-0.1, -0.05) is 35.5 Å². The summed E-state index contributed by atoms with van der Waals surface area (Å²) in [4.78, 5) is 0. The van der Waals surface area contributed by atoms with E-state index in [1.165, 1.54) is 4.68 Å². The molecule has 0 radical (unpaired) electrons. The number of ether oxygens (including phenoxy) is 2. The summed E-state index contributed by atoms with van der Waals surface area (Å²) in [6, 6.07) is 8.79. The Morgan fingerprint density at radius 1 is 1.21 bits per heavy atom. The van der Waals surface area contributed by atoms with Gasteiger partial charge in [0.15, 0.2) is 6.29 Å². The maximum atomic E-state index is 10.8. The number of aliphatic hydroxyl groups excluding tert-OH is 3. The molecule has 4 N–H and O–H groups in total. The molecule has 2 aliphatic heterocycles. The highest BCUT2D eigenvalue weighted by Crippen LogP contribution is 2.32. The van der Waals surface area contributed by atoms with Gasteiger partial charge in [0.25, 0.3) is 0 Å². The SMILES string of the molecule is OC[C@H]1O[C@H](OC[C@H]2CCCNC2)[C@@H](n2cc(-c3ccccc3)nn2)[C@@H](O)[C@@H]1O. The molecule has 0 spiro atoms. The van der Waals surface area contributed by atoms with Crippen LogP contribution in [0.15, 0.2) is 36.5 Å². The molecule has 158 valence electrons. The van der Waals surface area contributed by atoms with E-state index in [1.54, 1.807) is 6.20 Å². The van der Waals surface area contributed by atoms with Crippen LogP contribution in [0.5, 0.6) is 0 Å². The van der Waals surface area contributed by atoms with E-state index in [9.17, 15) is 15.3 Å². The molecule has 0 unspecified atom stereocenters. The molecule has 2 fully saturated rings. The fraction of sp³-hybridized carbons (Fsp3) is 0.600. The molecular weight excluding hydrogens is 376 g/mol. The van der Waals surface area contributed by atoms with Crippen LogP contribution in [0, 0.1) is 5.92 Å². The summed E-state index contributed by atoms with van der Waals surface area (Å²) < 4.78 is 13.3. The lowest BCUT2D eigenvalue weighted by molar-refractivity contribution is -0.284. The van der Waals surface area contributed by atoms with Gasteiger partial charge >= 0.3 is 0 Å². The Labute approximate surface area is 169 Å². The molecule has 0 saturated carbocycles. The highest BCUT2D eigenvalue weighted by Gasteiger charge is 2.46. The number of nitrogens with zero attached hydrogens (tertiary/aromatic N) is 3. The van der Waals surface area contributed by atoms with Crippen LogP contribution < -0.4 is 5.32 Å². The number of piperidine rings is 1. The van der Waals surface area contributed by atoms with Crippen LogP contribution in [0.1, 0.15) is 18.9 Å². The molecule has 2 aromatic rings. The topological polar surface area (TPSA) is 122 Å². The summed E-state index contributed by atoms with van der Waals surface area (Å²) in [6.07, 6.45) is -0.415. The first-order valence-electron chi connectivity index (χ1n) is 10.1. The quantitative estimate of drug-likeness (QED) is 0.528. The van der Waals surface area contributed by atoms with Crippen molar-refractivity contribution in [2.24, 2.45) is 5.92 Å². The van der Waals surface area contributed by atoms with Crippen molar-refractivity contribution in [3.63, 3.8) is 0 Å². The van der Waals surface area contributed by atoms with Crippen LogP contribution >= 0.6 is 0 Å². The van der Waals surface area contributed by atoms with E-state index in [0.717, 1.165) is 31.5 Å². The van der Waals surface area contributed by atoms with Gasteiger partial charge in [-0.15, -0.1) is 5.10 Å². The minimum Gasteiger partial charge on any atom is -0.394 e. The number of nitrogens with one attached hydrogen (secondary N) is 1. The van der Waals surface area contributed by atoms with Crippen molar-refractivity contribution in [1.29, 1.82) is 0 Å². The third-order valence-electron chi connectivity index (χ3n) is 5.63. The molecule has 9 heteroatoms. The zero-order valence-corrected chi connectivity index (χ0v) is 16.2. The van der Waals surface area contributed by atoms with Crippen LogP contribution in [0.4, 0.5) is 0 Å². The van der Waals surface area contributed by atoms with Crippen molar-refractivity contribution in [3.8, 4) is 11.3 Å². The van der Waals surface area contributed by atoms with Crippen LogP contribution in [0.3, 0.4) is 0 Å². The van der Waals surface area contributed by atoms with Crippen molar-refractivity contribution in [2.45, 2.75) is 43.5 Å². The molecule has 2 aliphatic rings. The zero-order chi connectivity index (χ0) is 20.2. The Morgan fingerprint density at radius 2 is 2.03 bits per heavy atom. The second-order valence-electron chi connectivity index (χ2n) is 7.69. The first-order chi connectivity index (χ1) is 14.2. The van der Waals surface area contributed by atoms with Crippen LogP contribution in [0.2, 0.25) is 0 Å². The largest absolute Gasteiger partial charge is 0.394 e. The monoisotopic (exact) mass is 404 g/mol. The standard InChI is InChI=1S/C20H28N4O5/c25-11-16-18(26)19(27)17(20(29-16)28-12-13-5-4-8-21-9-13)24-10-15(22-23-24)14-6-2-1-3-7-14/h1-3,6-7,10,13,16-21,25-27H,4-5,8-9,11-12H2/t13-,16+,17-,18+,19+,20-/m0/s1. The van der Waals surface area contributed by atoms with Gasteiger partial charge in [0.05, 0.1) is 19.4 Å². The lowest BCUT2D eigenvalue weighted by Crippen LogP contribution is -2.57. The van der Waals surface area contributed by atoms with Gasteiger partial charge < -0.3 is 30.1 Å². The van der Waals surface area contributed by atoms with Crippen molar-refractivity contribution >= 4 is 0 Å². The van der Waals surface area contributed by atoms with Gasteiger partial charge in [-0.05, 0) is 25.3 Å². The van der Waals surface area contributed by atoms with E-state index < -0.39 is 37.3 Å². The Hall–Kier alpha value is -1.88. The first kappa shape index (κ1) is 20.4. The summed E-state index contributed by atoms with van der Waals surface area (Å²) >= 11 is 0. The van der Waals surface area contributed by atoms with Gasteiger partial charge in [-0.2, -0.15) is 0 Å². The number of hydrogen-bond acceptors (Lipinski definition) is 8. The summed E-state index contributed by atoms with van der Waals surface area (Å²) in [5.41, 5.74) is 1.54. The molecule has 6 atom stereocenters. The van der Waals surface area contributed by atoms with Gasteiger partial charge in [-0.3, -0.25) is 0 Å². The van der Waals surface area contributed by atoms with Crippen molar-refractivity contribution in [2.75, 3.05) is 26.3 Å². The highest BCUT2D eigenvalue weighted by atomic mass is 16.7. The molecule has 29 heavy (non-hydrogen) atoms. The van der Waals surface area contributed by atoms with Crippen molar-refractivity contribution in [1.82, 2.24) is 20.3 Å². The Kier molecular flexibility index (Phi) is 6.53. The van der Waals surface area contributed by atoms with E-state index in [2.05, 4.69) is 15.6 Å². The second-order valence-corrected chi connectivity index (χ2v) is 7.69. The minimum atomic E-state index is -1.26. The average molecular weight is 404 g/mol. The molecule has 4 rings (SSSR count). The van der Waals surface area contributed by atoms with Gasteiger partial charge in [0.1, 0.15) is 30.0 Å². The smallest absolute Gasteiger partial charge is 0.183 e. The summed E-state index contributed by atoms with van der Waals surface area (Å²) in [5, 5.41) is 42.3. The van der Waals surface area contributed by atoms with E-state index in [4.69, 9.17) is 9.47 Å². The predicted molar refractivity (Wildman–Crippen MR) is 104 cm³/mol. The van der Waals surface area contributed by atoms with E-state index in [-0.39, 0.29) is 0 Å². The molecule has 0 amide bonds. The van der Waals surface area contributed by atoms with Crippen LogP contribution in [-0.4, -0.2) is 81.2 Å². The van der Waals surface area contributed by atoms with E-state index in [0.29, 0.717) is 18.2 Å². The number of hydrogen-bond donors (Lipinski definition) is 4. The molecule has 0 bridgehead atoms. The normalized spacial score (nSPS) is 32.9. The molecule has 2 saturated heterocycles. The maximum absolute atomic E-state index is 10.8. The van der Waals surface area contributed by atoms with E-state index in [1.807, 2.05) is 30.3 Å². The molecule has 1 aromatic heterocycles. The number of benzene rings is 1. The van der Waals surface area contributed by atoms with E-state index >= 15 is 0 Å². The van der Waals surface area contributed by atoms with Crippen LogP contribution in [0.25, 0.3) is 11.3 Å². The molecule has 1 aromatic carbocycles. The third-order valence-corrected chi connectivity index (χ3v) is 5.63. The summed E-state index contributed by atoms with van der Waals surface area (Å²) in [5.74, 6) is 0.347. The Balaban J connectivity index is 1.54. The molecular formula is C20H28N4O5. The molecule has 0 aliphatic carbocycles. The Bertz CT molecular complexity index is 767. The molecule has 3 heterocycles. The van der Waals surface area contributed by atoms with Gasteiger partial charge in [-0.25, -0.2) is 4.68 Å². The fourth-order valence-corrected chi connectivity index (χ4v) is 3.95. The molecule has 9 nitrogen and oxygen atoms in total. The number of rotatable bonds is 6. The lowest BCUT2D eigenvalue weighted by atomic mass is 9.96. The number of aliphatic hydroxyl groups is 3. The third kappa shape index (κ3) is 4.50. The van der Waals surface area contributed by atoms with Gasteiger partial charge in [0, 0.05) is 12.1 Å². The summed E-state index contributed by atoms with van der Waals surface area (Å²) in [7, 11) is 0. The number of aromatic nitrogens is 3. The first-order valence-corrected chi connectivity index (χ1v) is 10.1. The predicted octanol–water partition coefficient (Wildman–Crippen LogP) is -0.0586. The maximum Gasteiger partial charge on any atom is 0.183 e. The van der Waals surface area contributed by atoms with Gasteiger partial charge in [0.2, 0.25) is 0 Å². The minimum absolute atomic E-state index is 0.347. The summed E-state index contributed by atoms with van der Waals surface area (Å²) in [6.45, 7) is 1.92. The second kappa shape index (κ2) is 9.29. The van der Waals surface area contributed by atoms with Crippen molar-refractivity contribution < 1.29 is 24.8 Å². The van der Waals surface area contributed by atoms with Crippen molar-refractivity contribution in [3.05, 3.63) is 36.5 Å². The van der Waals surface area contributed by atoms with Crippen LogP contribution in [-0.2, 0) is 9.47 Å². The Morgan fingerprint density at radius 3 is 2.76 bits per heavy atom. The highest BCUT2D eigenvalue weighted by molar-refractivity contribution is 5.57.